The molecule has 5 heteroatoms. The van der Waals surface area contributed by atoms with E-state index in [-0.39, 0.29) is 23.5 Å². The number of ether oxygens (including phenoxy) is 1. The third kappa shape index (κ3) is 6.57. The van der Waals surface area contributed by atoms with Gasteiger partial charge < -0.3 is 15.0 Å². The second kappa shape index (κ2) is 6.89. The van der Waals surface area contributed by atoms with Crippen molar-refractivity contribution < 1.29 is 14.3 Å². The molecular weight excluding hydrogens is 244 g/mol. The molecule has 0 aliphatic carbocycles. The fourth-order valence-electron chi connectivity index (χ4n) is 2.13. The summed E-state index contributed by atoms with van der Waals surface area (Å²) >= 11 is 0. The molecule has 2 amide bonds. The minimum atomic E-state index is -0.229. The molecule has 0 saturated carbocycles. The lowest BCUT2D eigenvalue weighted by Gasteiger charge is -2.25. The van der Waals surface area contributed by atoms with Crippen LogP contribution < -0.4 is 5.32 Å². The third-order valence-electron chi connectivity index (χ3n) is 3.02. The quantitative estimate of drug-likeness (QED) is 0.819. The van der Waals surface area contributed by atoms with Gasteiger partial charge in [0, 0.05) is 38.6 Å². The molecule has 1 aliphatic heterocycles. The smallest absolute Gasteiger partial charge is 0.222 e. The number of nitrogens with one attached hydrogen (secondary N) is 1. The SMILES string of the molecule is CC(=O)N(CCC(=O)NC(C)(C)C)CC1CCCO1. The zero-order valence-corrected chi connectivity index (χ0v) is 12.5. The normalized spacial score (nSPS) is 19.3. The maximum Gasteiger partial charge on any atom is 0.222 e. The van der Waals surface area contributed by atoms with Crippen LogP contribution in [-0.2, 0) is 14.3 Å². The van der Waals surface area contributed by atoms with Crippen molar-refractivity contribution in [2.45, 2.75) is 58.6 Å². The van der Waals surface area contributed by atoms with Crippen molar-refractivity contribution in [3.8, 4) is 0 Å². The third-order valence-corrected chi connectivity index (χ3v) is 3.02. The van der Waals surface area contributed by atoms with E-state index in [1.54, 1.807) is 4.90 Å². The Morgan fingerprint density at radius 2 is 2.05 bits per heavy atom. The van der Waals surface area contributed by atoms with Gasteiger partial charge in [-0.15, -0.1) is 0 Å². The van der Waals surface area contributed by atoms with E-state index in [0.29, 0.717) is 19.5 Å². The molecular formula is C14H26N2O3. The molecule has 5 nitrogen and oxygen atoms in total. The first-order valence-electron chi connectivity index (χ1n) is 6.96. The maximum atomic E-state index is 11.7. The summed E-state index contributed by atoms with van der Waals surface area (Å²) in [4.78, 5) is 25.0. The van der Waals surface area contributed by atoms with Crippen LogP contribution in [0.25, 0.3) is 0 Å². The molecule has 0 aromatic rings. The van der Waals surface area contributed by atoms with E-state index in [2.05, 4.69) is 5.32 Å². The Hall–Kier alpha value is -1.10. The minimum absolute atomic E-state index is 0.000872. The zero-order chi connectivity index (χ0) is 14.5. The van der Waals surface area contributed by atoms with Crippen molar-refractivity contribution in [2.75, 3.05) is 19.7 Å². The van der Waals surface area contributed by atoms with Crippen molar-refractivity contribution >= 4 is 11.8 Å². The van der Waals surface area contributed by atoms with E-state index >= 15 is 0 Å². The van der Waals surface area contributed by atoms with Crippen LogP contribution in [0.4, 0.5) is 0 Å². The van der Waals surface area contributed by atoms with Crippen molar-refractivity contribution in [1.82, 2.24) is 10.2 Å². The summed E-state index contributed by atoms with van der Waals surface area (Å²) in [6, 6.07) is 0. The van der Waals surface area contributed by atoms with Gasteiger partial charge in [-0.3, -0.25) is 9.59 Å². The molecule has 0 spiro atoms. The van der Waals surface area contributed by atoms with Crippen LogP contribution >= 0.6 is 0 Å². The Bertz CT molecular complexity index is 317. The summed E-state index contributed by atoms with van der Waals surface area (Å²) in [6.45, 7) is 9.20. The van der Waals surface area contributed by atoms with E-state index in [0.717, 1.165) is 19.4 Å². The number of hydrogen-bond acceptors (Lipinski definition) is 3. The number of rotatable bonds is 5. The largest absolute Gasteiger partial charge is 0.376 e. The van der Waals surface area contributed by atoms with Crippen molar-refractivity contribution in [1.29, 1.82) is 0 Å². The van der Waals surface area contributed by atoms with Gasteiger partial charge in [-0.05, 0) is 33.6 Å². The maximum absolute atomic E-state index is 11.7. The van der Waals surface area contributed by atoms with Crippen LogP contribution in [0.3, 0.4) is 0 Å². The van der Waals surface area contributed by atoms with Gasteiger partial charge in [0.1, 0.15) is 0 Å². The Morgan fingerprint density at radius 3 is 2.53 bits per heavy atom. The molecule has 1 N–H and O–H groups in total. The van der Waals surface area contributed by atoms with Crippen LogP contribution in [0, 0.1) is 0 Å². The fourth-order valence-corrected chi connectivity index (χ4v) is 2.13. The molecule has 110 valence electrons. The lowest BCUT2D eigenvalue weighted by atomic mass is 10.1. The number of hydrogen-bond donors (Lipinski definition) is 1. The molecule has 1 rings (SSSR count). The first-order valence-corrected chi connectivity index (χ1v) is 6.96. The van der Waals surface area contributed by atoms with Crippen molar-refractivity contribution in [3.05, 3.63) is 0 Å². The van der Waals surface area contributed by atoms with Crippen LogP contribution in [0.1, 0.15) is 47.0 Å². The van der Waals surface area contributed by atoms with E-state index in [1.807, 2.05) is 20.8 Å². The number of carbonyl (C=O) groups is 2. The van der Waals surface area contributed by atoms with Gasteiger partial charge in [0.15, 0.2) is 0 Å². The van der Waals surface area contributed by atoms with Gasteiger partial charge in [0.25, 0.3) is 0 Å². The molecule has 0 aromatic heterocycles. The monoisotopic (exact) mass is 270 g/mol. The predicted molar refractivity (Wildman–Crippen MR) is 73.7 cm³/mol. The number of amides is 2. The van der Waals surface area contributed by atoms with Crippen LogP contribution in [0.15, 0.2) is 0 Å². The number of carbonyl (C=O) groups excluding carboxylic acids is 2. The second-order valence-corrected chi connectivity index (χ2v) is 6.15. The average Bonchev–Trinajstić information content (AvgIpc) is 2.73. The van der Waals surface area contributed by atoms with Crippen molar-refractivity contribution in [3.63, 3.8) is 0 Å². The van der Waals surface area contributed by atoms with E-state index in [9.17, 15) is 9.59 Å². The van der Waals surface area contributed by atoms with E-state index in [1.165, 1.54) is 6.92 Å². The summed E-state index contributed by atoms with van der Waals surface area (Å²) in [5, 5.41) is 2.90. The topological polar surface area (TPSA) is 58.6 Å². The summed E-state index contributed by atoms with van der Waals surface area (Å²) < 4.78 is 5.53. The van der Waals surface area contributed by atoms with Gasteiger partial charge in [-0.25, -0.2) is 0 Å². The average molecular weight is 270 g/mol. The van der Waals surface area contributed by atoms with Gasteiger partial charge in [-0.1, -0.05) is 0 Å². The van der Waals surface area contributed by atoms with Crippen molar-refractivity contribution in [2.24, 2.45) is 0 Å². The van der Waals surface area contributed by atoms with Gasteiger partial charge in [-0.2, -0.15) is 0 Å². The molecule has 0 bridgehead atoms. The highest BCUT2D eigenvalue weighted by molar-refractivity contribution is 5.78. The predicted octanol–water partition coefficient (Wildman–Crippen LogP) is 1.32. The van der Waals surface area contributed by atoms with Crippen LogP contribution in [0.5, 0.6) is 0 Å². The molecule has 1 heterocycles. The van der Waals surface area contributed by atoms with Crippen LogP contribution in [-0.4, -0.2) is 48.1 Å². The molecule has 1 aliphatic rings. The standard InChI is InChI=1S/C14H26N2O3/c1-11(17)16(10-12-6-5-9-19-12)8-7-13(18)15-14(2,3)4/h12H,5-10H2,1-4H3,(H,15,18). The first-order chi connectivity index (χ1) is 8.78. The Morgan fingerprint density at radius 1 is 1.37 bits per heavy atom. The van der Waals surface area contributed by atoms with Gasteiger partial charge >= 0.3 is 0 Å². The fraction of sp³-hybridized carbons (Fsp3) is 0.857. The van der Waals surface area contributed by atoms with E-state index < -0.39 is 0 Å². The summed E-state index contributed by atoms with van der Waals surface area (Å²) in [7, 11) is 0. The van der Waals surface area contributed by atoms with Gasteiger partial charge in [0.05, 0.1) is 6.10 Å². The zero-order valence-electron chi connectivity index (χ0n) is 12.5. The minimum Gasteiger partial charge on any atom is -0.376 e. The summed E-state index contributed by atoms with van der Waals surface area (Å²) in [6.07, 6.45) is 2.53. The molecule has 0 radical (unpaired) electrons. The lowest BCUT2D eigenvalue weighted by Crippen LogP contribution is -2.43. The van der Waals surface area contributed by atoms with Gasteiger partial charge in [0.2, 0.25) is 11.8 Å². The highest BCUT2D eigenvalue weighted by atomic mass is 16.5. The lowest BCUT2D eigenvalue weighted by molar-refractivity contribution is -0.131. The summed E-state index contributed by atoms with van der Waals surface area (Å²) in [5.74, 6) is -0.0230. The highest BCUT2D eigenvalue weighted by Gasteiger charge is 2.21. The molecule has 1 saturated heterocycles. The molecule has 19 heavy (non-hydrogen) atoms. The van der Waals surface area contributed by atoms with E-state index in [4.69, 9.17) is 4.74 Å². The highest BCUT2D eigenvalue weighted by Crippen LogP contribution is 2.13. The van der Waals surface area contributed by atoms with Crippen LogP contribution in [0.2, 0.25) is 0 Å². The molecule has 0 aromatic carbocycles. The Balaban J connectivity index is 2.37. The first kappa shape index (κ1) is 16.0. The summed E-state index contributed by atoms with van der Waals surface area (Å²) in [5.41, 5.74) is -0.229. The Labute approximate surface area is 115 Å². The molecule has 1 unspecified atom stereocenters. The Kier molecular flexibility index (Phi) is 5.79. The number of nitrogens with zero attached hydrogens (tertiary/aromatic N) is 1. The molecule has 1 fully saturated rings. The molecule has 1 atom stereocenters. The second-order valence-electron chi connectivity index (χ2n) is 6.15.